The van der Waals surface area contributed by atoms with Crippen molar-refractivity contribution < 1.29 is 0 Å². The number of aryl methyl sites for hydroxylation is 1. The molecule has 1 heterocycles. The van der Waals surface area contributed by atoms with Gasteiger partial charge in [-0.25, -0.2) is 0 Å². The SMILES string of the molecule is CCCNCC(C)CCc1ccc(Br)s1. The molecule has 1 nitrogen and oxygen atoms in total. The van der Waals surface area contributed by atoms with Crippen molar-refractivity contribution in [3.8, 4) is 0 Å². The normalized spacial score (nSPS) is 13.0. The van der Waals surface area contributed by atoms with Crippen LogP contribution in [0.5, 0.6) is 0 Å². The average molecular weight is 290 g/mol. The van der Waals surface area contributed by atoms with Gasteiger partial charge in [-0.1, -0.05) is 13.8 Å². The summed E-state index contributed by atoms with van der Waals surface area (Å²) in [7, 11) is 0. The Labute approximate surface area is 105 Å². The van der Waals surface area contributed by atoms with Crippen molar-refractivity contribution in [1.82, 2.24) is 5.32 Å². The first kappa shape index (κ1) is 13.2. The molecule has 0 fully saturated rings. The Balaban J connectivity index is 2.13. The highest BCUT2D eigenvalue weighted by atomic mass is 79.9. The minimum Gasteiger partial charge on any atom is -0.316 e. The summed E-state index contributed by atoms with van der Waals surface area (Å²) in [4.78, 5) is 1.49. The van der Waals surface area contributed by atoms with E-state index in [0.29, 0.717) is 0 Å². The molecule has 1 aromatic rings. The zero-order valence-corrected chi connectivity index (χ0v) is 12.0. The molecule has 0 aromatic carbocycles. The second-order valence-electron chi connectivity index (χ2n) is 4.05. The molecule has 0 amide bonds. The van der Waals surface area contributed by atoms with Gasteiger partial charge in [0.15, 0.2) is 0 Å². The van der Waals surface area contributed by atoms with Crippen LogP contribution in [-0.2, 0) is 6.42 Å². The van der Waals surface area contributed by atoms with Crippen molar-refractivity contribution >= 4 is 27.3 Å². The van der Waals surface area contributed by atoms with Crippen LogP contribution in [-0.4, -0.2) is 13.1 Å². The van der Waals surface area contributed by atoms with E-state index in [1.54, 1.807) is 0 Å². The highest BCUT2D eigenvalue weighted by Gasteiger charge is 2.03. The molecular weight excluding hydrogens is 270 g/mol. The number of nitrogens with one attached hydrogen (secondary N) is 1. The molecule has 0 saturated heterocycles. The maximum atomic E-state index is 3.50. The van der Waals surface area contributed by atoms with Gasteiger partial charge in [0.2, 0.25) is 0 Å². The van der Waals surface area contributed by atoms with E-state index in [0.717, 1.165) is 19.0 Å². The molecule has 0 aliphatic rings. The summed E-state index contributed by atoms with van der Waals surface area (Å²) in [6.45, 7) is 6.83. The molecule has 3 heteroatoms. The molecule has 0 aliphatic carbocycles. The zero-order valence-electron chi connectivity index (χ0n) is 9.55. The molecule has 1 unspecified atom stereocenters. The smallest absolute Gasteiger partial charge is 0.0701 e. The molecule has 1 aromatic heterocycles. The lowest BCUT2D eigenvalue weighted by atomic mass is 10.1. The van der Waals surface area contributed by atoms with Gasteiger partial charge in [-0.15, -0.1) is 11.3 Å². The van der Waals surface area contributed by atoms with Crippen molar-refractivity contribution in [2.24, 2.45) is 5.92 Å². The fourth-order valence-corrected chi connectivity index (χ4v) is 3.00. The third kappa shape index (κ3) is 5.69. The fourth-order valence-electron chi connectivity index (χ4n) is 1.50. The molecule has 0 spiro atoms. The Hall–Kier alpha value is 0.140. The standard InChI is InChI=1S/C12H20BrNS/c1-3-8-14-9-10(2)4-5-11-6-7-12(13)15-11/h6-7,10,14H,3-5,8-9H2,1-2H3. The number of thiophene rings is 1. The van der Waals surface area contributed by atoms with Crippen molar-refractivity contribution in [3.05, 3.63) is 20.8 Å². The topological polar surface area (TPSA) is 12.0 Å². The maximum Gasteiger partial charge on any atom is 0.0701 e. The van der Waals surface area contributed by atoms with E-state index in [1.165, 1.54) is 27.9 Å². The van der Waals surface area contributed by atoms with E-state index in [9.17, 15) is 0 Å². The summed E-state index contributed by atoms with van der Waals surface area (Å²) < 4.78 is 1.24. The van der Waals surface area contributed by atoms with Gasteiger partial charge < -0.3 is 5.32 Å². The lowest BCUT2D eigenvalue weighted by molar-refractivity contribution is 0.483. The van der Waals surface area contributed by atoms with Crippen LogP contribution in [0.25, 0.3) is 0 Å². The van der Waals surface area contributed by atoms with Crippen molar-refractivity contribution in [1.29, 1.82) is 0 Å². The Kier molecular flexibility index (Phi) is 6.53. The van der Waals surface area contributed by atoms with Crippen molar-refractivity contribution in [2.75, 3.05) is 13.1 Å². The predicted octanol–water partition coefficient (Wildman–Crippen LogP) is 4.08. The Morgan fingerprint density at radius 1 is 1.47 bits per heavy atom. The Bertz CT molecular complexity index is 272. The molecule has 0 radical (unpaired) electrons. The fraction of sp³-hybridized carbons (Fsp3) is 0.667. The van der Waals surface area contributed by atoms with E-state index in [1.807, 2.05) is 11.3 Å². The number of hydrogen-bond acceptors (Lipinski definition) is 2. The van der Waals surface area contributed by atoms with Gasteiger partial charge in [-0.2, -0.15) is 0 Å². The number of hydrogen-bond donors (Lipinski definition) is 1. The average Bonchev–Trinajstić information content (AvgIpc) is 2.62. The zero-order chi connectivity index (χ0) is 11.1. The van der Waals surface area contributed by atoms with Gasteiger partial charge in [0.25, 0.3) is 0 Å². The van der Waals surface area contributed by atoms with Crippen LogP contribution in [0.2, 0.25) is 0 Å². The van der Waals surface area contributed by atoms with E-state index >= 15 is 0 Å². The van der Waals surface area contributed by atoms with E-state index in [4.69, 9.17) is 0 Å². The molecule has 86 valence electrons. The van der Waals surface area contributed by atoms with Crippen LogP contribution in [0.4, 0.5) is 0 Å². The minimum atomic E-state index is 0.775. The lowest BCUT2D eigenvalue weighted by Gasteiger charge is -2.11. The summed E-state index contributed by atoms with van der Waals surface area (Å²) in [5.41, 5.74) is 0. The lowest BCUT2D eigenvalue weighted by Crippen LogP contribution is -2.22. The summed E-state index contributed by atoms with van der Waals surface area (Å²) in [5.74, 6) is 0.775. The van der Waals surface area contributed by atoms with Gasteiger partial charge in [-0.3, -0.25) is 0 Å². The summed E-state index contributed by atoms with van der Waals surface area (Å²) >= 11 is 5.35. The van der Waals surface area contributed by atoms with Gasteiger partial charge in [0.1, 0.15) is 0 Å². The summed E-state index contributed by atoms with van der Waals surface area (Å²) in [6, 6.07) is 4.36. The van der Waals surface area contributed by atoms with Gasteiger partial charge in [-0.05, 0) is 66.3 Å². The van der Waals surface area contributed by atoms with E-state index in [2.05, 4.69) is 47.2 Å². The molecule has 1 rings (SSSR count). The molecule has 0 aliphatic heterocycles. The van der Waals surface area contributed by atoms with Crippen LogP contribution in [0.1, 0.15) is 31.6 Å². The third-order valence-corrected chi connectivity index (χ3v) is 4.12. The van der Waals surface area contributed by atoms with Gasteiger partial charge in [0.05, 0.1) is 3.79 Å². The van der Waals surface area contributed by atoms with Crippen LogP contribution in [0.15, 0.2) is 15.9 Å². The molecule has 0 bridgehead atoms. The highest BCUT2D eigenvalue weighted by Crippen LogP contribution is 2.23. The van der Waals surface area contributed by atoms with Gasteiger partial charge >= 0.3 is 0 Å². The highest BCUT2D eigenvalue weighted by molar-refractivity contribution is 9.11. The maximum absolute atomic E-state index is 3.50. The third-order valence-electron chi connectivity index (χ3n) is 2.43. The summed E-state index contributed by atoms with van der Waals surface area (Å²) in [6.07, 6.45) is 3.72. The quantitative estimate of drug-likeness (QED) is 0.746. The van der Waals surface area contributed by atoms with Crippen molar-refractivity contribution in [3.63, 3.8) is 0 Å². The van der Waals surface area contributed by atoms with Crippen molar-refractivity contribution in [2.45, 2.75) is 33.1 Å². The van der Waals surface area contributed by atoms with Gasteiger partial charge in [0, 0.05) is 4.88 Å². The summed E-state index contributed by atoms with van der Waals surface area (Å²) in [5, 5.41) is 3.47. The van der Waals surface area contributed by atoms with Crippen LogP contribution < -0.4 is 5.32 Å². The Morgan fingerprint density at radius 2 is 2.27 bits per heavy atom. The molecule has 15 heavy (non-hydrogen) atoms. The largest absolute Gasteiger partial charge is 0.316 e. The molecule has 0 saturated carbocycles. The first-order valence-corrected chi connectivity index (χ1v) is 7.28. The monoisotopic (exact) mass is 289 g/mol. The first-order valence-electron chi connectivity index (χ1n) is 5.67. The number of halogens is 1. The predicted molar refractivity (Wildman–Crippen MR) is 72.7 cm³/mol. The number of rotatable bonds is 7. The second kappa shape index (κ2) is 7.42. The molecule has 1 atom stereocenters. The van der Waals surface area contributed by atoms with Crippen LogP contribution in [0, 0.1) is 5.92 Å². The van der Waals surface area contributed by atoms with Crippen LogP contribution in [0.3, 0.4) is 0 Å². The Morgan fingerprint density at radius 3 is 2.87 bits per heavy atom. The second-order valence-corrected chi connectivity index (χ2v) is 6.60. The molecular formula is C12H20BrNS. The van der Waals surface area contributed by atoms with Crippen LogP contribution >= 0.6 is 27.3 Å². The molecule has 1 N–H and O–H groups in total. The minimum absolute atomic E-state index is 0.775. The van der Waals surface area contributed by atoms with E-state index in [-0.39, 0.29) is 0 Å². The first-order chi connectivity index (χ1) is 7.22. The van der Waals surface area contributed by atoms with E-state index < -0.39 is 0 Å².